The maximum atomic E-state index is 12.1. The normalized spacial score (nSPS) is 11.6. The number of carbonyl (C=O) groups is 2. The second kappa shape index (κ2) is 9.46. The predicted molar refractivity (Wildman–Crippen MR) is 87.2 cm³/mol. The number of nitro groups is 1. The first kappa shape index (κ1) is 19.4. The van der Waals surface area contributed by atoms with Gasteiger partial charge in [-0.1, -0.05) is 13.3 Å². The van der Waals surface area contributed by atoms with Crippen LogP contribution in [0.1, 0.15) is 26.2 Å². The van der Waals surface area contributed by atoms with Crippen LogP contribution in [-0.4, -0.2) is 41.6 Å². The summed E-state index contributed by atoms with van der Waals surface area (Å²) in [5.41, 5.74) is -0.0867. The molecule has 0 heterocycles. The van der Waals surface area contributed by atoms with Crippen molar-refractivity contribution < 1.29 is 24.4 Å². The number of nitrogens with zero attached hydrogens (tertiary/aromatic N) is 1. The molecule has 0 fully saturated rings. The first-order chi connectivity index (χ1) is 11.4. The summed E-state index contributed by atoms with van der Waals surface area (Å²) in [6.45, 7) is 2.46. The molecule has 3 N–H and O–H groups in total. The standard InChI is InChI=1S/C15H21N3O6/c1-3-4-7-16-12(15(20)21)9-14(19)17-11-8-10(18(22)23)5-6-13(11)24-2/h5-6,8,12,16H,3-4,7,9H2,1-2H3,(H,17,19)(H,20,21). The third-order valence-electron chi connectivity index (χ3n) is 3.28. The van der Waals surface area contributed by atoms with Gasteiger partial charge in [0, 0.05) is 12.1 Å². The van der Waals surface area contributed by atoms with Crippen molar-refractivity contribution in [1.29, 1.82) is 0 Å². The van der Waals surface area contributed by atoms with Gasteiger partial charge in [0.15, 0.2) is 0 Å². The Bertz CT molecular complexity index is 605. The molecule has 24 heavy (non-hydrogen) atoms. The number of carboxylic acid groups (broad SMARTS) is 1. The second-order valence-electron chi connectivity index (χ2n) is 5.09. The van der Waals surface area contributed by atoms with E-state index < -0.39 is 22.8 Å². The average molecular weight is 339 g/mol. The second-order valence-corrected chi connectivity index (χ2v) is 5.09. The number of hydrogen-bond acceptors (Lipinski definition) is 6. The van der Waals surface area contributed by atoms with Crippen LogP contribution in [0.5, 0.6) is 5.75 Å². The molecular weight excluding hydrogens is 318 g/mol. The highest BCUT2D eigenvalue weighted by molar-refractivity contribution is 5.95. The minimum absolute atomic E-state index is 0.120. The van der Waals surface area contributed by atoms with Crippen LogP contribution in [0.3, 0.4) is 0 Å². The summed E-state index contributed by atoms with van der Waals surface area (Å²) in [6, 6.07) is 2.75. The number of benzene rings is 1. The van der Waals surface area contributed by atoms with Gasteiger partial charge in [0.25, 0.3) is 5.69 Å². The van der Waals surface area contributed by atoms with Gasteiger partial charge >= 0.3 is 5.97 Å². The Morgan fingerprint density at radius 2 is 2.12 bits per heavy atom. The molecule has 0 saturated carbocycles. The number of anilines is 1. The molecule has 132 valence electrons. The summed E-state index contributed by atoms with van der Waals surface area (Å²) < 4.78 is 5.04. The predicted octanol–water partition coefficient (Wildman–Crippen LogP) is 1.77. The number of carboxylic acids is 1. The Labute approximate surface area is 139 Å². The molecule has 9 heteroatoms. The van der Waals surface area contributed by atoms with Crippen LogP contribution >= 0.6 is 0 Å². The summed E-state index contributed by atoms with van der Waals surface area (Å²) in [5.74, 6) is -1.46. The van der Waals surface area contributed by atoms with E-state index in [1.54, 1.807) is 0 Å². The number of aliphatic carboxylic acids is 1. The summed E-state index contributed by atoms with van der Waals surface area (Å²) in [5, 5.41) is 25.2. The largest absolute Gasteiger partial charge is 0.495 e. The van der Waals surface area contributed by atoms with Crippen LogP contribution in [0.15, 0.2) is 18.2 Å². The Morgan fingerprint density at radius 1 is 1.42 bits per heavy atom. The number of carbonyl (C=O) groups excluding carboxylic acids is 1. The molecule has 1 unspecified atom stereocenters. The molecule has 0 aliphatic carbocycles. The van der Waals surface area contributed by atoms with Crippen molar-refractivity contribution >= 4 is 23.3 Å². The highest BCUT2D eigenvalue weighted by Crippen LogP contribution is 2.28. The summed E-state index contributed by atoms with van der Waals surface area (Å²) in [7, 11) is 1.36. The van der Waals surface area contributed by atoms with Crippen molar-refractivity contribution in [3.63, 3.8) is 0 Å². The van der Waals surface area contributed by atoms with Crippen LogP contribution < -0.4 is 15.4 Å². The van der Waals surface area contributed by atoms with Gasteiger partial charge in [-0.3, -0.25) is 19.7 Å². The van der Waals surface area contributed by atoms with E-state index in [9.17, 15) is 19.7 Å². The van der Waals surface area contributed by atoms with Crippen LogP contribution in [0.2, 0.25) is 0 Å². The highest BCUT2D eigenvalue weighted by atomic mass is 16.6. The smallest absolute Gasteiger partial charge is 0.321 e. The number of ether oxygens (including phenoxy) is 1. The van der Waals surface area contributed by atoms with Gasteiger partial charge in [0.1, 0.15) is 11.8 Å². The lowest BCUT2D eigenvalue weighted by Gasteiger charge is -2.15. The van der Waals surface area contributed by atoms with E-state index >= 15 is 0 Å². The van der Waals surface area contributed by atoms with Crippen molar-refractivity contribution in [2.45, 2.75) is 32.2 Å². The van der Waals surface area contributed by atoms with Gasteiger partial charge in [-0.2, -0.15) is 0 Å². The fourth-order valence-corrected chi connectivity index (χ4v) is 1.99. The summed E-state index contributed by atoms with van der Waals surface area (Å²) >= 11 is 0. The molecule has 1 rings (SSSR count). The van der Waals surface area contributed by atoms with Crippen LogP contribution in [0.25, 0.3) is 0 Å². The van der Waals surface area contributed by atoms with E-state index in [0.717, 1.165) is 18.9 Å². The van der Waals surface area contributed by atoms with Gasteiger partial charge < -0.3 is 20.5 Å². The topological polar surface area (TPSA) is 131 Å². The number of methoxy groups -OCH3 is 1. The molecular formula is C15H21N3O6. The molecule has 1 aromatic carbocycles. The minimum atomic E-state index is -1.13. The van der Waals surface area contributed by atoms with Crippen LogP contribution in [0, 0.1) is 10.1 Å². The molecule has 0 spiro atoms. The van der Waals surface area contributed by atoms with Crippen molar-refractivity contribution in [3.05, 3.63) is 28.3 Å². The zero-order valence-corrected chi connectivity index (χ0v) is 13.6. The van der Waals surface area contributed by atoms with Gasteiger partial charge in [0.05, 0.1) is 24.1 Å². The number of non-ortho nitro benzene ring substituents is 1. The van der Waals surface area contributed by atoms with Crippen LogP contribution in [-0.2, 0) is 9.59 Å². The summed E-state index contributed by atoms with van der Waals surface area (Å²) in [6.07, 6.45) is 1.39. The number of unbranched alkanes of at least 4 members (excludes halogenated alkanes) is 1. The monoisotopic (exact) mass is 339 g/mol. The lowest BCUT2D eigenvalue weighted by atomic mass is 10.1. The SMILES string of the molecule is CCCCNC(CC(=O)Nc1cc([N+](=O)[O-])ccc1OC)C(=O)O. The molecule has 1 aromatic rings. The van der Waals surface area contributed by atoms with E-state index in [4.69, 9.17) is 9.84 Å². The number of nitro benzene ring substituents is 1. The Morgan fingerprint density at radius 3 is 2.67 bits per heavy atom. The first-order valence-electron chi connectivity index (χ1n) is 7.47. The first-order valence-corrected chi connectivity index (χ1v) is 7.47. The number of hydrogen-bond donors (Lipinski definition) is 3. The molecule has 0 aliphatic heterocycles. The van der Waals surface area contributed by atoms with Crippen molar-refractivity contribution in [2.24, 2.45) is 0 Å². The maximum absolute atomic E-state index is 12.1. The van der Waals surface area contributed by atoms with E-state index in [0.29, 0.717) is 6.54 Å². The molecule has 0 aromatic heterocycles. The summed E-state index contributed by atoms with van der Waals surface area (Å²) in [4.78, 5) is 33.5. The van der Waals surface area contributed by atoms with Gasteiger partial charge in [-0.25, -0.2) is 0 Å². The molecule has 0 aliphatic rings. The van der Waals surface area contributed by atoms with Crippen molar-refractivity contribution in [2.75, 3.05) is 19.0 Å². The molecule has 0 saturated heterocycles. The fourth-order valence-electron chi connectivity index (χ4n) is 1.99. The highest BCUT2D eigenvalue weighted by Gasteiger charge is 2.21. The molecule has 9 nitrogen and oxygen atoms in total. The van der Waals surface area contributed by atoms with Gasteiger partial charge in [-0.05, 0) is 19.0 Å². The lowest BCUT2D eigenvalue weighted by Crippen LogP contribution is -2.40. The van der Waals surface area contributed by atoms with E-state index in [1.165, 1.54) is 19.2 Å². The average Bonchev–Trinajstić information content (AvgIpc) is 2.53. The molecule has 0 bridgehead atoms. The molecule has 1 atom stereocenters. The number of amides is 1. The van der Waals surface area contributed by atoms with Crippen LogP contribution in [0.4, 0.5) is 11.4 Å². The van der Waals surface area contributed by atoms with Crippen molar-refractivity contribution in [3.8, 4) is 5.75 Å². The van der Waals surface area contributed by atoms with Gasteiger partial charge in [0.2, 0.25) is 5.91 Å². The fraction of sp³-hybridized carbons (Fsp3) is 0.467. The van der Waals surface area contributed by atoms with Crippen molar-refractivity contribution in [1.82, 2.24) is 5.32 Å². The van der Waals surface area contributed by atoms with Gasteiger partial charge in [-0.15, -0.1) is 0 Å². The third-order valence-corrected chi connectivity index (χ3v) is 3.28. The quantitative estimate of drug-likeness (QED) is 0.336. The number of rotatable bonds is 10. The zero-order chi connectivity index (χ0) is 18.1. The minimum Gasteiger partial charge on any atom is -0.495 e. The molecule has 0 radical (unpaired) electrons. The lowest BCUT2D eigenvalue weighted by molar-refractivity contribution is -0.384. The Hall–Kier alpha value is -2.68. The molecule has 1 amide bonds. The van der Waals surface area contributed by atoms with E-state index in [2.05, 4.69) is 10.6 Å². The Balaban J connectivity index is 2.79. The third kappa shape index (κ3) is 5.84. The van der Waals surface area contributed by atoms with E-state index in [1.807, 2.05) is 6.92 Å². The Kier molecular flexibility index (Phi) is 7.63. The zero-order valence-electron chi connectivity index (χ0n) is 13.6. The van der Waals surface area contributed by atoms with E-state index in [-0.39, 0.29) is 23.5 Å². The number of nitrogens with one attached hydrogen (secondary N) is 2. The maximum Gasteiger partial charge on any atom is 0.321 e.